The van der Waals surface area contributed by atoms with E-state index in [4.69, 9.17) is 0 Å². The fraction of sp³-hybridized carbons (Fsp3) is 0.524. The summed E-state index contributed by atoms with van der Waals surface area (Å²) < 4.78 is 0. The van der Waals surface area contributed by atoms with Crippen LogP contribution in [0, 0.1) is 11.8 Å². The molecule has 2 fully saturated rings. The molecular weight excluding hydrogens is 326 g/mol. The van der Waals surface area contributed by atoms with Gasteiger partial charge in [-0.3, -0.25) is 19.4 Å². The summed E-state index contributed by atoms with van der Waals surface area (Å²) in [5.41, 5.74) is 1.37. The van der Waals surface area contributed by atoms with Gasteiger partial charge in [0.05, 0.1) is 18.5 Å². The number of benzene rings is 1. The van der Waals surface area contributed by atoms with Gasteiger partial charge in [0.1, 0.15) is 0 Å². The van der Waals surface area contributed by atoms with Gasteiger partial charge in [-0.05, 0) is 24.8 Å². The molecule has 0 spiro atoms. The number of hydrogen-bond acceptors (Lipinski definition) is 4. The minimum Gasteiger partial charge on any atom is -0.300 e. The number of likely N-dealkylation sites (tertiary alicyclic amines) is 1. The Morgan fingerprint density at radius 1 is 0.808 bits per heavy atom. The lowest BCUT2D eigenvalue weighted by Crippen LogP contribution is -2.51. The van der Waals surface area contributed by atoms with Gasteiger partial charge in [-0.25, -0.2) is 0 Å². The number of rotatable bonds is 5. The molecule has 26 heavy (non-hydrogen) atoms. The van der Waals surface area contributed by atoms with Crippen molar-refractivity contribution in [1.29, 1.82) is 0 Å². The normalized spacial score (nSPS) is 27.2. The molecule has 4 rings (SSSR count). The van der Waals surface area contributed by atoms with Gasteiger partial charge in [0.25, 0.3) is 0 Å². The van der Waals surface area contributed by atoms with Crippen molar-refractivity contribution in [1.82, 2.24) is 14.7 Å². The van der Waals surface area contributed by atoms with E-state index >= 15 is 0 Å². The maximum Gasteiger partial charge on any atom is 0.234 e. The van der Waals surface area contributed by atoms with Crippen molar-refractivity contribution in [3.63, 3.8) is 0 Å². The molecule has 1 aliphatic carbocycles. The van der Waals surface area contributed by atoms with Gasteiger partial charge >= 0.3 is 0 Å². The first-order valence-electron chi connectivity index (χ1n) is 9.71. The van der Waals surface area contributed by atoms with Gasteiger partial charge < -0.3 is 4.90 Å². The van der Waals surface area contributed by atoms with Crippen molar-refractivity contribution in [2.24, 2.45) is 11.8 Å². The second kappa shape index (κ2) is 7.72. The number of hydrogen-bond donors (Lipinski definition) is 0. The summed E-state index contributed by atoms with van der Waals surface area (Å²) in [4.78, 5) is 31.4. The Labute approximate surface area is 155 Å². The van der Waals surface area contributed by atoms with E-state index in [1.165, 1.54) is 10.5 Å². The molecule has 5 heteroatoms. The summed E-state index contributed by atoms with van der Waals surface area (Å²) >= 11 is 0. The van der Waals surface area contributed by atoms with Crippen LogP contribution in [0.4, 0.5) is 0 Å². The largest absolute Gasteiger partial charge is 0.300 e. The molecule has 138 valence electrons. The van der Waals surface area contributed by atoms with E-state index in [0.717, 1.165) is 52.0 Å². The maximum absolute atomic E-state index is 12.6. The molecule has 0 aromatic heterocycles. The minimum absolute atomic E-state index is 0.0378. The number of fused-ring (bicyclic) bond motifs is 1. The van der Waals surface area contributed by atoms with Crippen LogP contribution >= 0.6 is 0 Å². The van der Waals surface area contributed by atoms with Crippen LogP contribution in [0.3, 0.4) is 0 Å². The zero-order chi connectivity index (χ0) is 17.9. The van der Waals surface area contributed by atoms with Crippen LogP contribution < -0.4 is 0 Å². The van der Waals surface area contributed by atoms with E-state index in [-0.39, 0.29) is 23.7 Å². The average Bonchev–Trinajstić information content (AvgIpc) is 2.93. The van der Waals surface area contributed by atoms with Crippen LogP contribution in [0.25, 0.3) is 0 Å². The molecule has 1 aromatic rings. The molecule has 2 unspecified atom stereocenters. The van der Waals surface area contributed by atoms with E-state index in [0.29, 0.717) is 6.67 Å². The van der Waals surface area contributed by atoms with Crippen LogP contribution in [0.15, 0.2) is 42.5 Å². The van der Waals surface area contributed by atoms with Gasteiger partial charge in [0, 0.05) is 32.7 Å². The van der Waals surface area contributed by atoms with Crippen LogP contribution in [0.1, 0.15) is 18.4 Å². The summed E-state index contributed by atoms with van der Waals surface area (Å²) in [7, 11) is 0. The zero-order valence-electron chi connectivity index (χ0n) is 15.2. The summed E-state index contributed by atoms with van der Waals surface area (Å²) in [6.07, 6.45) is 6.60. The van der Waals surface area contributed by atoms with Gasteiger partial charge in [0.15, 0.2) is 0 Å². The van der Waals surface area contributed by atoms with E-state index in [1.807, 2.05) is 12.2 Å². The van der Waals surface area contributed by atoms with E-state index < -0.39 is 0 Å². The van der Waals surface area contributed by atoms with Gasteiger partial charge in [0.2, 0.25) is 11.8 Å². The number of imide groups is 1. The molecule has 2 atom stereocenters. The highest BCUT2D eigenvalue weighted by molar-refractivity contribution is 6.05. The number of carbonyl (C=O) groups excluding carboxylic acids is 2. The number of carbonyl (C=O) groups is 2. The highest BCUT2D eigenvalue weighted by atomic mass is 16.2. The molecule has 2 aliphatic heterocycles. The Kier molecular flexibility index (Phi) is 5.18. The van der Waals surface area contributed by atoms with Crippen molar-refractivity contribution in [3.05, 3.63) is 48.0 Å². The van der Waals surface area contributed by atoms with Crippen molar-refractivity contribution in [2.45, 2.75) is 19.3 Å². The highest BCUT2D eigenvalue weighted by Gasteiger charge is 2.47. The van der Waals surface area contributed by atoms with Crippen molar-refractivity contribution < 1.29 is 9.59 Å². The first-order chi connectivity index (χ1) is 12.7. The van der Waals surface area contributed by atoms with E-state index in [2.05, 4.69) is 40.1 Å². The molecule has 2 heterocycles. The number of allylic oxidation sites excluding steroid dienone is 2. The standard InChI is InChI=1S/C21H27N3O2/c25-20-18-8-4-5-9-19(18)21(26)24(20)16-23-14-12-22(13-15-23)11-10-17-6-2-1-3-7-17/h1-7,18-19H,8-16H2. The van der Waals surface area contributed by atoms with E-state index in [1.54, 1.807) is 0 Å². The smallest absolute Gasteiger partial charge is 0.234 e. The molecule has 1 aromatic carbocycles. The second-order valence-electron chi connectivity index (χ2n) is 7.60. The first kappa shape index (κ1) is 17.4. The lowest BCUT2D eigenvalue weighted by molar-refractivity contribution is -0.142. The lowest BCUT2D eigenvalue weighted by atomic mass is 9.85. The fourth-order valence-corrected chi connectivity index (χ4v) is 4.29. The SMILES string of the molecule is O=C1C2CC=CCC2C(=O)N1CN1CCN(CCc2ccccc2)CC1. The summed E-state index contributed by atoms with van der Waals surface area (Å²) in [6, 6.07) is 10.6. The Morgan fingerprint density at radius 3 is 2.00 bits per heavy atom. The average molecular weight is 353 g/mol. The van der Waals surface area contributed by atoms with Crippen LogP contribution in [0.5, 0.6) is 0 Å². The summed E-state index contributed by atoms with van der Waals surface area (Å²) in [5.74, 6) is -0.147. The van der Waals surface area contributed by atoms with Crippen molar-refractivity contribution in [2.75, 3.05) is 39.4 Å². The van der Waals surface area contributed by atoms with Gasteiger partial charge in [-0.15, -0.1) is 0 Å². The fourth-order valence-electron chi connectivity index (χ4n) is 4.29. The van der Waals surface area contributed by atoms with Crippen molar-refractivity contribution in [3.8, 4) is 0 Å². The van der Waals surface area contributed by atoms with Crippen molar-refractivity contribution >= 4 is 11.8 Å². The molecular formula is C21H27N3O2. The maximum atomic E-state index is 12.6. The Hall–Kier alpha value is -1.98. The Bertz CT molecular complexity index is 654. The number of nitrogens with zero attached hydrogens (tertiary/aromatic N) is 3. The summed E-state index contributed by atoms with van der Waals surface area (Å²) in [5, 5.41) is 0. The topological polar surface area (TPSA) is 43.9 Å². The molecule has 5 nitrogen and oxygen atoms in total. The molecule has 0 radical (unpaired) electrons. The first-order valence-corrected chi connectivity index (χ1v) is 9.71. The molecule has 2 saturated heterocycles. The minimum atomic E-state index is -0.111. The predicted molar refractivity (Wildman–Crippen MR) is 100 cm³/mol. The molecule has 3 aliphatic rings. The molecule has 0 saturated carbocycles. The molecule has 2 amide bonds. The van der Waals surface area contributed by atoms with Gasteiger partial charge in [-0.2, -0.15) is 0 Å². The van der Waals surface area contributed by atoms with Gasteiger partial charge in [-0.1, -0.05) is 42.5 Å². The third kappa shape index (κ3) is 3.60. The zero-order valence-corrected chi connectivity index (χ0v) is 15.2. The third-order valence-corrected chi connectivity index (χ3v) is 5.96. The molecule has 0 N–H and O–H groups in total. The molecule has 0 bridgehead atoms. The number of amides is 2. The predicted octanol–water partition coefficient (Wildman–Crippen LogP) is 1.76. The Morgan fingerprint density at radius 2 is 1.38 bits per heavy atom. The van der Waals surface area contributed by atoms with Crippen LogP contribution in [-0.4, -0.2) is 65.9 Å². The number of piperazine rings is 1. The quantitative estimate of drug-likeness (QED) is 0.598. The lowest BCUT2D eigenvalue weighted by Gasteiger charge is -2.36. The highest BCUT2D eigenvalue weighted by Crippen LogP contribution is 2.35. The summed E-state index contributed by atoms with van der Waals surface area (Å²) in [6.45, 7) is 5.36. The van der Waals surface area contributed by atoms with Crippen LogP contribution in [0.2, 0.25) is 0 Å². The Balaban J connectivity index is 1.25. The van der Waals surface area contributed by atoms with Crippen LogP contribution in [-0.2, 0) is 16.0 Å². The second-order valence-corrected chi connectivity index (χ2v) is 7.60. The van der Waals surface area contributed by atoms with E-state index in [9.17, 15) is 9.59 Å². The third-order valence-electron chi connectivity index (χ3n) is 5.96. The monoisotopic (exact) mass is 353 g/mol.